The van der Waals surface area contributed by atoms with E-state index < -0.39 is 0 Å². The van der Waals surface area contributed by atoms with Gasteiger partial charge in [0.2, 0.25) is 0 Å². The van der Waals surface area contributed by atoms with E-state index >= 15 is 0 Å². The number of hydrogen-bond donors (Lipinski definition) is 2. The standard InChI is InChI=1S/C35H37ClFN5O2S/c1-3-12-35-20-45(35)19-23(4-2)28-16-42(17-29(28)35)34(43)41-25-8-10-31-27(14-25)33(39-21-38-31)40-26-9-11-32(30(36)15-26)44-18-22-6-5-7-24(37)13-22/h5-11,13-15,20-21,23,28-29H,3-4,12,16-19H2,1-2H3,(H,41,43)(H,38,39,40). The van der Waals surface area contributed by atoms with Crippen LogP contribution in [0.4, 0.5) is 26.4 Å². The summed E-state index contributed by atoms with van der Waals surface area (Å²) in [5.74, 6) is 3.95. The number of hydrogen-bond acceptors (Lipinski definition) is 5. The molecule has 0 aliphatic carbocycles. The van der Waals surface area contributed by atoms with E-state index in [4.69, 9.17) is 16.3 Å². The lowest BCUT2D eigenvalue weighted by Gasteiger charge is -2.39. The molecule has 3 aromatic carbocycles. The molecule has 2 fully saturated rings. The molecule has 4 heterocycles. The molecule has 5 atom stereocenters. The smallest absolute Gasteiger partial charge is 0.321 e. The molecule has 45 heavy (non-hydrogen) atoms. The Balaban J connectivity index is 1.04. The van der Waals surface area contributed by atoms with Crippen molar-refractivity contribution in [1.82, 2.24) is 14.9 Å². The summed E-state index contributed by atoms with van der Waals surface area (Å²) in [7, 11) is 0.431. The van der Waals surface area contributed by atoms with Crippen LogP contribution in [-0.4, -0.2) is 49.9 Å². The molecule has 2 saturated heterocycles. The zero-order valence-corrected chi connectivity index (χ0v) is 27.0. The van der Waals surface area contributed by atoms with Crippen LogP contribution < -0.4 is 15.4 Å². The van der Waals surface area contributed by atoms with Crippen LogP contribution in [0.1, 0.15) is 38.7 Å². The third kappa shape index (κ3) is 5.88. The first-order chi connectivity index (χ1) is 21.9. The van der Waals surface area contributed by atoms with Crippen molar-refractivity contribution in [3.63, 3.8) is 0 Å². The molecule has 4 aromatic rings. The highest BCUT2D eigenvalue weighted by Gasteiger charge is 2.59. The molecule has 3 aliphatic heterocycles. The monoisotopic (exact) mass is 645 g/mol. The van der Waals surface area contributed by atoms with Crippen molar-refractivity contribution in [1.29, 1.82) is 0 Å². The summed E-state index contributed by atoms with van der Waals surface area (Å²) in [6, 6.07) is 17.3. The Morgan fingerprint density at radius 1 is 1.11 bits per heavy atom. The molecular weight excluding hydrogens is 609 g/mol. The van der Waals surface area contributed by atoms with Crippen molar-refractivity contribution < 1.29 is 13.9 Å². The molecule has 0 bridgehead atoms. The number of carbonyl (C=O) groups excluding carboxylic acids is 1. The number of benzene rings is 3. The van der Waals surface area contributed by atoms with Crippen LogP contribution in [0.25, 0.3) is 10.9 Å². The summed E-state index contributed by atoms with van der Waals surface area (Å²) in [5, 5.41) is 10.3. The number of amides is 2. The van der Waals surface area contributed by atoms with Gasteiger partial charge in [0, 0.05) is 34.6 Å². The van der Waals surface area contributed by atoms with Crippen LogP contribution in [0.2, 0.25) is 5.02 Å². The van der Waals surface area contributed by atoms with Crippen LogP contribution in [0.3, 0.4) is 0 Å². The molecule has 0 saturated carbocycles. The summed E-state index contributed by atoms with van der Waals surface area (Å²) in [6.07, 6.45) is 5.14. The zero-order valence-electron chi connectivity index (χ0n) is 25.4. The van der Waals surface area contributed by atoms with E-state index in [1.165, 1.54) is 43.5 Å². The Bertz CT molecular complexity index is 1800. The van der Waals surface area contributed by atoms with Crippen LogP contribution in [-0.2, 0) is 6.61 Å². The predicted molar refractivity (Wildman–Crippen MR) is 183 cm³/mol. The molecule has 234 valence electrons. The fraction of sp³-hybridized carbons (Fsp3) is 0.371. The van der Waals surface area contributed by atoms with Crippen molar-refractivity contribution in [3.05, 3.63) is 83.4 Å². The molecule has 2 amide bonds. The van der Waals surface area contributed by atoms with Crippen LogP contribution in [0.5, 0.6) is 5.75 Å². The molecule has 5 unspecified atom stereocenters. The summed E-state index contributed by atoms with van der Waals surface area (Å²) in [6.45, 7) is 6.45. The first kappa shape index (κ1) is 30.0. The Hall–Kier alpha value is -3.69. The molecule has 2 N–H and O–H groups in total. The van der Waals surface area contributed by atoms with Gasteiger partial charge in [0.1, 0.15) is 30.3 Å². The second kappa shape index (κ2) is 12.2. The van der Waals surface area contributed by atoms with Gasteiger partial charge in [-0.05, 0) is 89.4 Å². The number of fused-ring (bicyclic) bond motifs is 4. The third-order valence-corrected chi connectivity index (χ3v) is 12.7. The lowest BCUT2D eigenvalue weighted by Crippen LogP contribution is -2.40. The molecule has 0 radical (unpaired) electrons. The molecular formula is C35H37ClFN5O2S. The maximum atomic E-state index is 13.6. The van der Waals surface area contributed by atoms with E-state index in [0.717, 1.165) is 29.7 Å². The SMILES string of the molecule is CCCC12C=S1CC(CC)C1CN(C(=O)Nc3ccc4ncnc(Nc5ccc(OCc6cccc(F)c6)c(Cl)c5)c4c3)CC12. The Morgan fingerprint density at radius 3 is 2.78 bits per heavy atom. The maximum absolute atomic E-state index is 13.6. The van der Waals surface area contributed by atoms with Crippen molar-refractivity contribution in [3.8, 4) is 5.75 Å². The largest absolute Gasteiger partial charge is 0.487 e. The molecule has 7 nitrogen and oxygen atoms in total. The minimum Gasteiger partial charge on any atom is -0.487 e. The normalized spacial score (nSPS) is 24.8. The Morgan fingerprint density at radius 2 is 1.98 bits per heavy atom. The van der Waals surface area contributed by atoms with Gasteiger partial charge in [-0.2, -0.15) is 10.5 Å². The Kier molecular flexibility index (Phi) is 8.16. The number of halogens is 2. The van der Waals surface area contributed by atoms with E-state index in [1.54, 1.807) is 24.3 Å². The van der Waals surface area contributed by atoms with E-state index in [2.05, 4.69) is 39.8 Å². The van der Waals surface area contributed by atoms with E-state index in [0.29, 0.717) is 60.8 Å². The second-order valence-corrected chi connectivity index (χ2v) is 14.9. The number of anilines is 3. The average Bonchev–Trinajstić information content (AvgIpc) is 3.55. The van der Waals surface area contributed by atoms with Crippen molar-refractivity contribution in [2.45, 2.75) is 44.5 Å². The third-order valence-electron chi connectivity index (χ3n) is 9.58. The van der Waals surface area contributed by atoms with Crippen LogP contribution in [0.15, 0.2) is 67.0 Å². The second-order valence-electron chi connectivity index (χ2n) is 12.3. The van der Waals surface area contributed by atoms with Gasteiger partial charge in [-0.25, -0.2) is 19.2 Å². The fourth-order valence-electron chi connectivity index (χ4n) is 7.29. The van der Waals surface area contributed by atoms with Crippen molar-refractivity contribution in [2.24, 2.45) is 17.8 Å². The van der Waals surface area contributed by atoms with Crippen molar-refractivity contribution in [2.75, 3.05) is 29.5 Å². The van der Waals surface area contributed by atoms with E-state index in [9.17, 15) is 9.18 Å². The quantitative estimate of drug-likeness (QED) is 0.179. The lowest BCUT2D eigenvalue weighted by molar-refractivity contribution is 0.218. The minimum absolute atomic E-state index is 0.0437. The summed E-state index contributed by atoms with van der Waals surface area (Å²) >= 11 is 6.53. The number of rotatable bonds is 9. The van der Waals surface area contributed by atoms with Crippen LogP contribution >= 0.6 is 22.1 Å². The van der Waals surface area contributed by atoms with Gasteiger partial charge >= 0.3 is 6.03 Å². The van der Waals surface area contributed by atoms with Crippen LogP contribution in [0, 0.1) is 23.6 Å². The first-order valence-electron chi connectivity index (χ1n) is 15.7. The van der Waals surface area contributed by atoms with Gasteiger partial charge in [-0.15, -0.1) is 0 Å². The van der Waals surface area contributed by atoms with Crippen molar-refractivity contribution >= 4 is 61.6 Å². The number of urea groups is 1. The Labute approximate surface area is 270 Å². The molecule has 3 aliphatic rings. The molecule has 0 spiro atoms. The van der Waals surface area contributed by atoms with Gasteiger partial charge in [-0.3, -0.25) is 0 Å². The molecule has 1 aromatic heterocycles. The highest BCUT2D eigenvalue weighted by atomic mass is 35.5. The summed E-state index contributed by atoms with van der Waals surface area (Å²) < 4.78 is 19.7. The van der Waals surface area contributed by atoms with Gasteiger partial charge < -0.3 is 20.3 Å². The number of nitrogens with zero attached hydrogens (tertiary/aromatic N) is 3. The molecule has 7 rings (SSSR count). The van der Waals surface area contributed by atoms with E-state index in [-0.39, 0.29) is 18.5 Å². The van der Waals surface area contributed by atoms with Gasteiger partial charge in [-0.1, -0.05) is 50.4 Å². The number of ether oxygens (including phenoxy) is 1. The topological polar surface area (TPSA) is 79.4 Å². The predicted octanol–water partition coefficient (Wildman–Crippen LogP) is 8.49. The highest BCUT2D eigenvalue weighted by molar-refractivity contribution is 8.24. The first-order valence-corrected chi connectivity index (χ1v) is 17.5. The number of nitrogens with one attached hydrogen (secondary N) is 2. The van der Waals surface area contributed by atoms with Gasteiger partial charge in [0.25, 0.3) is 0 Å². The minimum atomic E-state index is -0.309. The fourth-order valence-corrected chi connectivity index (χ4v) is 10.9. The zero-order chi connectivity index (χ0) is 31.1. The average molecular weight is 646 g/mol. The highest BCUT2D eigenvalue weighted by Crippen LogP contribution is 2.63. The lowest BCUT2D eigenvalue weighted by atomic mass is 9.75. The number of carbonyl (C=O) groups is 1. The molecule has 10 heteroatoms. The number of aromatic nitrogens is 2. The summed E-state index contributed by atoms with van der Waals surface area (Å²) in [5.41, 5.74) is 2.89. The van der Waals surface area contributed by atoms with Gasteiger partial charge in [0.15, 0.2) is 0 Å². The van der Waals surface area contributed by atoms with E-state index in [1.807, 2.05) is 29.2 Å². The summed E-state index contributed by atoms with van der Waals surface area (Å²) in [4.78, 5) is 24.5. The number of likely N-dealkylation sites (tertiary alicyclic amines) is 1. The maximum Gasteiger partial charge on any atom is 0.321 e. The van der Waals surface area contributed by atoms with Gasteiger partial charge in [0.05, 0.1) is 10.5 Å².